The molecule has 0 aliphatic carbocycles. The zero-order chi connectivity index (χ0) is 13.2. The van der Waals surface area contributed by atoms with Crippen LogP contribution in [0.1, 0.15) is 18.6 Å². The molecule has 2 unspecified atom stereocenters. The first-order chi connectivity index (χ1) is 7.88. The van der Waals surface area contributed by atoms with Crippen molar-refractivity contribution in [1.82, 2.24) is 0 Å². The van der Waals surface area contributed by atoms with Crippen LogP contribution in [-0.2, 0) is 9.53 Å². The monoisotopic (exact) mass is 248 g/mol. The standard InChI is InChI=1S/C11H11F3O3/c1-5(11(16)17-2)10(15)6-3-7(12)9(14)8(13)4-6/h3-5,10,15H,1-2H3. The minimum absolute atomic E-state index is 0.223. The quantitative estimate of drug-likeness (QED) is 0.657. The van der Waals surface area contributed by atoms with Crippen molar-refractivity contribution in [2.75, 3.05) is 7.11 Å². The molecule has 0 bridgehead atoms. The van der Waals surface area contributed by atoms with E-state index in [2.05, 4.69) is 4.74 Å². The van der Waals surface area contributed by atoms with Gasteiger partial charge in [-0.1, -0.05) is 0 Å². The number of halogens is 3. The summed E-state index contributed by atoms with van der Waals surface area (Å²) in [7, 11) is 1.12. The predicted octanol–water partition coefficient (Wildman–Crippen LogP) is 1.95. The van der Waals surface area contributed by atoms with Crippen LogP contribution in [0.15, 0.2) is 12.1 Å². The van der Waals surface area contributed by atoms with Gasteiger partial charge in [-0.25, -0.2) is 13.2 Å². The van der Waals surface area contributed by atoms with Crippen molar-refractivity contribution in [3.05, 3.63) is 35.1 Å². The molecule has 0 heterocycles. The van der Waals surface area contributed by atoms with Crippen LogP contribution >= 0.6 is 0 Å². The van der Waals surface area contributed by atoms with Crippen LogP contribution in [0.2, 0.25) is 0 Å². The molecular formula is C11H11F3O3. The van der Waals surface area contributed by atoms with Crippen LogP contribution in [0.4, 0.5) is 13.2 Å². The molecule has 0 saturated carbocycles. The van der Waals surface area contributed by atoms with E-state index in [0.717, 1.165) is 7.11 Å². The van der Waals surface area contributed by atoms with Gasteiger partial charge in [0.05, 0.1) is 19.1 Å². The summed E-state index contributed by atoms with van der Waals surface area (Å²) in [4.78, 5) is 11.1. The SMILES string of the molecule is COC(=O)C(C)C(O)c1cc(F)c(F)c(F)c1. The van der Waals surface area contributed by atoms with Gasteiger partial charge in [0.1, 0.15) is 0 Å². The van der Waals surface area contributed by atoms with Crippen LogP contribution in [-0.4, -0.2) is 18.2 Å². The summed E-state index contributed by atoms with van der Waals surface area (Å²) in [5.74, 6) is -6.20. The van der Waals surface area contributed by atoms with E-state index in [1.165, 1.54) is 6.92 Å². The molecule has 0 aliphatic heterocycles. The Hall–Kier alpha value is -1.56. The Balaban J connectivity index is 3.04. The molecule has 0 aliphatic rings. The van der Waals surface area contributed by atoms with Gasteiger partial charge in [-0.3, -0.25) is 4.79 Å². The van der Waals surface area contributed by atoms with Gasteiger partial charge in [-0.05, 0) is 24.6 Å². The second kappa shape index (κ2) is 5.18. The Labute approximate surface area is 95.8 Å². The highest BCUT2D eigenvalue weighted by molar-refractivity contribution is 5.72. The topological polar surface area (TPSA) is 46.5 Å². The zero-order valence-corrected chi connectivity index (χ0v) is 9.21. The van der Waals surface area contributed by atoms with E-state index in [-0.39, 0.29) is 5.56 Å². The molecule has 0 radical (unpaired) electrons. The second-order valence-corrected chi connectivity index (χ2v) is 3.56. The Morgan fingerprint density at radius 1 is 1.29 bits per heavy atom. The Kier molecular flexibility index (Phi) is 4.11. The van der Waals surface area contributed by atoms with Gasteiger partial charge in [0, 0.05) is 0 Å². The molecule has 0 fully saturated rings. The molecular weight excluding hydrogens is 237 g/mol. The lowest BCUT2D eigenvalue weighted by Crippen LogP contribution is -2.21. The van der Waals surface area contributed by atoms with E-state index in [0.29, 0.717) is 12.1 Å². The number of carbonyl (C=O) groups excluding carboxylic acids is 1. The second-order valence-electron chi connectivity index (χ2n) is 3.56. The molecule has 0 amide bonds. The first-order valence-electron chi connectivity index (χ1n) is 4.78. The number of hydrogen-bond donors (Lipinski definition) is 1. The van der Waals surface area contributed by atoms with Crippen LogP contribution in [0.3, 0.4) is 0 Å². The van der Waals surface area contributed by atoms with Crippen LogP contribution < -0.4 is 0 Å². The number of hydrogen-bond acceptors (Lipinski definition) is 3. The van der Waals surface area contributed by atoms with Gasteiger partial charge in [0.15, 0.2) is 17.5 Å². The third-order valence-electron chi connectivity index (χ3n) is 2.39. The average molecular weight is 248 g/mol. The van der Waals surface area contributed by atoms with Crippen molar-refractivity contribution in [2.24, 2.45) is 5.92 Å². The van der Waals surface area contributed by atoms with E-state index < -0.39 is 35.4 Å². The summed E-state index contributed by atoms with van der Waals surface area (Å²) >= 11 is 0. The van der Waals surface area contributed by atoms with Crippen molar-refractivity contribution in [1.29, 1.82) is 0 Å². The maximum Gasteiger partial charge on any atom is 0.311 e. The number of ether oxygens (including phenoxy) is 1. The lowest BCUT2D eigenvalue weighted by atomic mass is 9.97. The zero-order valence-electron chi connectivity index (χ0n) is 9.21. The highest BCUT2D eigenvalue weighted by atomic mass is 19.2. The normalized spacial score (nSPS) is 14.2. The Morgan fingerprint density at radius 2 is 1.76 bits per heavy atom. The van der Waals surface area contributed by atoms with Crippen LogP contribution in [0, 0.1) is 23.4 Å². The van der Waals surface area contributed by atoms with Crippen molar-refractivity contribution in [2.45, 2.75) is 13.0 Å². The molecule has 17 heavy (non-hydrogen) atoms. The summed E-state index contributed by atoms with van der Waals surface area (Å²) in [5.41, 5.74) is -0.223. The van der Waals surface area contributed by atoms with E-state index in [1.807, 2.05) is 0 Å². The fourth-order valence-corrected chi connectivity index (χ4v) is 1.35. The highest BCUT2D eigenvalue weighted by Gasteiger charge is 2.26. The van der Waals surface area contributed by atoms with E-state index in [1.54, 1.807) is 0 Å². The smallest absolute Gasteiger partial charge is 0.311 e. The molecule has 6 heteroatoms. The fourth-order valence-electron chi connectivity index (χ4n) is 1.35. The lowest BCUT2D eigenvalue weighted by Gasteiger charge is -2.17. The summed E-state index contributed by atoms with van der Waals surface area (Å²) in [6.45, 7) is 1.33. The third kappa shape index (κ3) is 2.76. The number of carbonyl (C=O) groups is 1. The van der Waals surface area contributed by atoms with Gasteiger partial charge >= 0.3 is 5.97 Å². The van der Waals surface area contributed by atoms with Crippen molar-refractivity contribution >= 4 is 5.97 Å². The molecule has 0 saturated heterocycles. The van der Waals surface area contributed by atoms with Gasteiger partial charge < -0.3 is 9.84 Å². The van der Waals surface area contributed by atoms with Crippen molar-refractivity contribution in [3.63, 3.8) is 0 Å². The Morgan fingerprint density at radius 3 is 2.18 bits per heavy atom. The van der Waals surface area contributed by atoms with Crippen molar-refractivity contribution in [3.8, 4) is 0 Å². The first-order valence-corrected chi connectivity index (χ1v) is 4.78. The molecule has 94 valence electrons. The average Bonchev–Trinajstić information content (AvgIpc) is 2.32. The maximum absolute atomic E-state index is 12.9. The number of methoxy groups -OCH3 is 1. The minimum atomic E-state index is -1.62. The van der Waals surface area contributed by atoms with E-state index >= 15 is 0 Å². The number of aliphatic hydroxyl groups excluding tert-OH is 1. The van der Waals surface area contributed by atoms with Crippen LogP contribution in [0.5, 0.6) is 0 Å². The van der Waals surface area contributed by atoms with Gasteiger partial charge in [0.25, 0.3) is 0 Å². The molecule has 0 spiro atoms. The lowest BCUT2D eigenvalue weighted by molar-refractivity contribution is -0.148. The van der Waals surface area contributed by atoms with E-state index in [4.69, 9.17) is 0 Å². The summed E-state index contributed by atoms with van der Waals surface area (Å²) in [6, 6.07) is 1.28. The first kappa shape index (κ1) is 13.5. The molecule has 2 atom stereocenters. The molecule has 1 rings (SSSR count). The minimum Gasteiger partial charge on any atom is -0.469 e. The van der Waals surface area contributed by atoms with Gasteiger partial charge in [-0.2, -0.15) is 0 Å². The van der Waals surface area contributed by atoms with Crippen LogP contribution in [0.25, 0.3) is 0 Å². The number of rotatable bonds is 3. The molecule has 1 aromatic carbocycles. The number of benzene rings is 1. The third-order valence-corrected chi connectivity index (χ3v) is 2.39. The number of aliphatic hydroxyl groups is 1. The summed E-state index contributed by atoms with van der Waals surface area (Å²) in [6.07, 6.45) is -1.47. The van der Waals surface area contributed by atoms with E-state index in [9.17, 15) is 23.1 Å². The molecule has 3 nitrogen and oxygen atoms in total. The largest absolute Gasteiger partial charge is 0.469 e. The maximum atomic E-state index is 12.9. The molecule has 1 N–H and O–H groups in total. The Bertz CT molecular complexity index is 411. The van der Waals surface area contributed by atoms with Gasteiger partial charge in [0.2, 0.25) is 0 Å². The fraction of sp³-hybridized carbons (Fsp3) is 0.364. The van der Waals surface area contributed by atoms with Gasteiger partial charge in [-0.15, -0.1) is 0 Å². The predicted molar refractivity (Wildman–Crippen MR) is 52.5 cm³/mol. The summed E-state index contributed by atoms with van der Waals surface area (Å²) in [5, 5.41) is 9.67. The molecule has 0 aromatic heterocycles. The highest BCUT2D eigenvalue weighted by Crippen LogP contribution is 2.25. The summed E-state index contributed by atoms with van der Waals surface area (Å²) < 4.78 is 42.9. The molecule has 1 aromatic rings. The number of esters is 1. The van der Waals surface area contributed by atoms with Crippen molar-refractivity contribution < 1.29 is 27.8 Å².